The third-order valence-corrected chi connectivity index (χ3v) is 3.82. The van der Waals surface area contributed by atoms with Gasteiger partial charge in [0.2, 0.25) is 0 Å². The van der Waals surface area contributed by atoms with Crippen molar-refractivity contribution in [3.63, 3.8) is 0 Å². The van der Waals surface area contributed by atoms with Crippen molar-refractivity contribution in [3.8, 4) is 5.75 Å². The van der Waals surface area contributed by atoms with Crippen molar-refractivity contribution >= 4 is 0 Å². The maximum Gasteiger partial charge on any atom is 0.126 e. The van der Waals surface area contributed by atoms with Gasteiger partial charge in [0.05, 0.1) is 0 Å². The van der Waals surface area contributed by atoms with Crippen molar-refractivity contribution < 1.29 is 14.6 Å². The summed E-state index contributed by atoms with van der Waals surface area (Å²) >= 11 is 0. The predicted molar refractivity (Wildman–Crippen MR) is 85.4 cm³/mol. The van der Waals surface area contributed by atoms with Gasteiger partial charge >= 0.3 is 0 Å². The van der Waals surface area contributed by atoms with Crippen LogP contribution in [0.1, 0.15) is 16.8 Å². The Morgan fingerprint density at radius 3 is 2.35 bits per heavy atom. The van der Waals surface area contributed by atoms with Gasteiger partial charge in [-0.3, -0.25) is 4.98 Å². The van der Waals surface area contributed by atoms with Gasteiger partial charge in [0, 0.05) is 29.9 Å². The quantitative estimate of drug-likeness (QED) is 0.776. The third kappa shape index (κ3) is 3.07. The summed E-state index contributed by atoms with van der Waals surface area (Å²) in [6.45, 7) is 0. The number of pyridine rings is 1. The van der Waals surface area contributed by atoms with Crippen LogP contribution in [-0.2, 0) is 12.0 Å². The molecule has 0 radical (unpaired) electrons. The highest BCUT2D eigenvalue weighted by molar-refractivity contribution is 5.45. The number of aromatic nitrogens is 1. The maximum absolute atomic E-state index is 13.3. The fourth-order valence-electron chi connectivity index (χ4n) is 2.69. The second kappa shape index (κ2) is 6.18. The van der Waals surface area contributed by atoms with Gasteiger partial charge < -0.3 is 10.2 Å². The maximum atomic E-state index is 13.3. The first-order chi connectivity index (χ1) is 11.1. The Morgan fingerprint density at radius 2 is 1.70 bits per heavy atom. The number of aliphatic hydroxyl groups is 1. The van der Waals surface area contributed by atoms with Crippen molar-refractivity contribution in [3.05, 3.63) is 95.6 Å². The largest absolute Gasteiger partial charge is 0.507 e. The molecule has 0 aliphatic carbocycles. The molecule has 0 amide bonds. The van der Waals surface area contributed by atoms with E-state index < -0.39 is 11.4 Å². The number of halogens is 1. The van der Waals surface area contributed by atoms with Gasteiger partial charge in [0.25, 0.3) is 0 Å². The van der Waals surface area contributed by atoms with Crippen molar-refractivity contribution in [1.29, 1.82) is 0 Å². The molecule has 0 saturated carbocycles. The molecule has 1 unspecified atom stereocenters. The van der Waals surface area contributed by atoms with Crippen LogP contribution in [0.5, 0.6) is 5.75 Å². The molecule has 2 aromatic carbocycles. The number of phenolic OH excluding ortho intramolecular Hbond substituents is 1. The zero-order valence-electron chi connectivity index (χ0n) is 12.4. The molecule has 0 bridgehead atoms. The van der Waals surface area contributed by atoms with Crippen LogP contribution in [0.2, 0.25) is 0 Å². The van der Waals surface area contributed by atoms with Crippen molar-refractivity contribution in [2.75, 3.05) is 0 Å². The summed E-state index contributed by atoms with van der Waals surface area (Å²) in [5.74, 6) is -0.841. The van der Waals surface area contributed by atoms with E-state index in [1.165, 1.54) is 12.1 Å². The Labute approximate surface area is 133 Å². The molecule has 0 fully saturated rings. The molecule has 1 aromatic heterocycles. The van der Waals surface area contributed by atoms with Crippen LogP contribution in [0.25, 0.3) is 0 Å². The van der Waals surface area contributed by atoms with Gasteiger partial charge in [-0.05, 0) is 29.8 Å². The topological polar surface area (TPSA) is 53.4 Å². The van der Waals surface area contributed by atoms with E-state index in [0.29, 0.717) is 11.3 Å². The molecular formula is C19H16FNO2. The lowest BCUT2D eigenvalue weighted by Crippen LogP contribution is -2.30. The fourth-order valence-corrected chi connectivity index (χ4v) is 2.69. The molecule has 0 spiro atoms. The summed E-state index contributed by atoms with van der Waals surface area (Å²) in [6.07, 6.45) is 1.81. The van der Waals surface area contributed by atoms with Gasteiger partial charge in [-0.15, -0.1) is 0 Å². The summed E-state index contributed by atoms with van der Waals surface area (Å²) in [5.41, 5.74) is 0.0128. The summed E-state index contributed by atoms with van der Waals surface area (Å²) in [4.78, 5) is 4.25. The predicted octanol–water partition coefficient (Wildman–Crippen LogP) is 3.40. The lowest BCUT2D eigenvalue weighted by atomic mass is 9.82. The average molecular weight is 309 g/mol. The number of rotatable bonds is 4. The molecule has 3 aromatic rings. The summed E-state index contributed by atoms with van der Waals surface area (Å²) < 4.78 is 13.3. The zero-order valence-corrected chi connectivity index (χ0v) is 12.4. The minimum Gasteiger partial charge on any atom is -0.507 e. The van der Waals surface area contributed by atoms with E-state index in [1.54, 1.807) is 42.6 Å². The first-order valence-corrected chi connectivity index (χ1v) is 7.26. The van der Waals surface area contributed by atoms with Crippen LogP contribution < -0.4 is 0 Å². The highest BCUT2D eigenvalue weighted by atomic mass is 19.1. The Hall–Kier alpha value is -2.72. The van der Waals surface area contributed by atoms with E-state index in [9.17, 15) is 14.6 Å². The molecule has 23 heavy (non-hydrogen) atoms. The molecule has 0 aliphatic heterocycles. The fraction of sp³-hybridized carbons (Fsp3) is 0.105. The Morgan fingerprint density at radius 1 is 0.957 bits per heavy atom. The zero-order chi connectivity index (χ0) is 16.3. The second-order valence-electron chi connectivity index (χ2n) is 5.39. The van der Waals surface area contributed by atoms with Crippen LogP contribution >= 0.6 is 0 Å². The normalized spacial score (nSPS) is 13.5. The molecular weight excluding hydrogens is 293 g/mol. The van der Waals surface area contributed by atoms with E-state index in [1.807, 2.05) is 12.1 Å². The van der Waals surface area contributed by atoms with Crippen LogP contribution in [0.3, 0.4) is 0 Å². The van der Waals surface area contributed by atoms with Crippen LogP contribution in [-0.4, -0.2) is 15.2 Å². The van der Waals surface area contributed by atoms with E-state index in [4.69, 9.17) is 0 Å². The van der Waals surface area contributed by atoms with E-state index >= 15 is 0 Å². The smallest absolute Gasteiger partial charge is 0.126 e. The van der Waals surface area contributed by atoms with E-state index in [-0.39, 0.29) is 17.7 Å². The number of benzene rings is 2. The minimum absolute atomic E-state index is 0.164. The first kappa shape index (κ1) is 15.2. The number of hydrogen-bond acceptors (Lipinski definition) is 3. The number of nitrogens with zero attached hydrogens (tertiary/aromatic N) is 1. The molecule has 2 N–H and O–H groups in total. The van der Waals surface area contributed by atoms with E-state index in [2.05, 4.69) is 4.98 Å². The highest BCUT2D eigenvalue weighted by Gasteiger charge is 2.34. The van der Waals surface area contributed by atoms with Gasteiger partial charge in [-0.1, -0.05) is 36.4 Å². The van der Waals surface area contributed by atoms with E-state index in [0.717, 1.165) is 6.07 Å². The molecule has 1 atom stereocenters. The third-order valence-electron chi connectivity index (χ3n) is 3.82. The SMILES string of the molecule is Oc1cc(F)ccc1C(O)(Cc1ccccn1)c1ccccc1. The van der Waals surface area contributed by atoms with Crippen LogP contribution in [0.15, 0.2) is 72.9 Å². The molecule has 1 heterocycles. The Bertz CT molecular complexity index is 793. The van der Waals surface area contributed by atoms with Gasteiger partial charge in [0.15, 0.2) is 0 Å². The van der Waals surface area contributed by atoms with Crippen molar-refractivity contribution in [2.45, 2.75) is 12.0 Å². The first-order valence-electron chi connectivity index (χ1n) is 7.26. The Balaban J connectivity index is 2.13. The molecule has 3 rings (SSSR count). The molecule has 0 saturated heterocycles. The monoisotopic (exact) mass is 309 g/mol. The molecule has 0 aliphatic rings. The highest BCUT2D eigenvalue weighted by Crippen LogP contribution is 2.37. The minimum atomic E-state index is -1.51. The number of phenols is 1. The molecule has 116 valence electrons. The van der Waals surface area contributed by atoms with Gasteiger partial charge in [-0.2, -0.15) is 0 Å². The summed E-state index contributed by atoms with van der Waals surface area (Å²) in [5, 5.41) is 21.5. The van der Waals surface area contributed by atoms with Crippen LogP contribution in [0.4, 0.5) is 4.39 Å². The number of aromatic hydroxyl groups is 1. The lowest BCUT2D eigenvalue weighted by Gasteiger charge is -2.30. The average Bonchev–Trinajstić information content (AvgIpc) is 2.56. The number of hydrogen-bond donors (Lipinski definition) is 2. The van der Waals surface area contributed by atoms with Gasteiger partial charge in [-0.25, -0.2) is 4.39 Å². The van der Waals surface area contributed by atoms with Gasteiger partial charge in [0.1, 0.15) is 17.2 Å². The van der Waals surface area contributed by atoms with Crippen molar-refractivity contribution in [2.24, 2.45) is 0 Å². The Kier molecular flexibility index (Phi) is 4.08. The summed E-state index contributed by atoms with van der Waals surface area (Å²) in [6, 6.07) is 18.0. The lowest BCUT2D eigenvalue weighted by molar-refractivity contribution is 0.0772. The molecule has 4 heteroatoms. The second-order valence-corrected chi connectivity index (χ2v) is 5.39. The standard InChI is InChI=1S/C19H16FNO2/c20-15-9-10-17(18(22)12-15)19(23,14-6-2-1-3-7-14)13-16-8-4-5-11-21-16/h1-12,22-23H,13H2. The van der Waals surface area contributed by atoms with Crippen LogP contribution in [0, 0.1) is 5.82 Å². The van der Waals surface area contributed by atoms with Crippen molar-refractivity contribution in [1.82, 2.24) is 4.98 Å². The summed E-state index contributed by atoms with van der Waals surface area (Å²) in [7, 11) is 0. The molecule has 3 nitrogen and oxygen atoms in total.